The summed E-state index contributed by atoms with van der Waals surface area (Å²) in [5.41, 5.74) is 0.826. The number of nitrogens with one attached hydrogen (secondary N) is 2. The molecule has 3 rings (SSSR count). The number of benzene rings is 2. The van der Waals surface area contributed by atoms with Crippen LogP contribution in [-0.4, -0.2) is 36.7 Å². The van der Waals surface area contributed by atoms with E-state index in [0.717, 1.165) is 0 Å². The lowest BCUT2D eigenvalue weighted by molar-refractivity contribution is -0.147. The Morgan fingerprint density at radius 1 is 0.875 bits per heavy atom. The number of Topliss-reactive ketones (excluding diaryl/α,β-unsaturated/α-hetero) is 1. The van der Waals surface area contributed by atoms with E-state index < -0.39 is 30.3 Å². The van der Waals surface area contributed by atoms with Gasteiger partial charge in [0.2, 0.25) is 11.7 Å². The summed E-state index contributed by atoms with van der Waals surface area (Å²) in [5.74, 6) is -2.15. The smallest absolute Gasteiger partial charge is 0.326 e. The van der Waals surface area contributed by atoms with Gasteiger partial charge in [0, 0.05) is 16.1 Å². The van der Waals surface area contributed by atoms with Gasteiger partial charge in [-0.05, 0) is 23.6 Å². The van der Waals surface area contributed by atoms with Crippen molar-refractivity contribution in [2.24, 2.45) is 0 Å². The molecular weight excluding hydrogens is 452 g/mol. The molecule has 3 aromatic rings. The van der Waals surface area contributed by atoms with Crippen LogP contribution >= 0.6 is 22.9 Å². The number of carbonyl (C=O) groups excluding carboxylic acids is 4. The molecule has 0 bridgehead atoms. The minimum absolute atomic E-state index is 0.298. The van der Waals surface area contributed by atoms with Gasteiger partial charge in [-0.3, -0.25) is 19.2 Å². The van der Waals surface area contributed by atoms with E-state index in [1.54, 1.807) is 72.1 Å². The first-order chi connectivity index (χ1) is 15.4. The minimum atomic E-state index is -1.20. The van der Waals surface area contributed by atoms with E-state index in [1.807, 2.05) is 0 Å². The highest BCUT2D eigenvalue weighted by atomic mass is 35.5. The Kier molecular flexibility index (Phi) is 8.13. The molecule has 0 aliphatic heterocycles. The molecule has 0 aliphatic rings. The zero-order valence-electron chi connectivity index (χ0n) is 16.7. The molecule has 0 fully saturated rings. The quantitative estimate of drug-likeness (QED) is 0.368. The molecule has 1 unspecified atom stereocenters. The number of carbonyl (C=O) groups is 4. The molecule has 2 N–H and O–H groups in total. The monoisotopic (exact) mass is 470 g/mol. The van der Waals surface area contributed by atoms with Crippen LogP contribution in [0.4, 0.5) is 0 Å². The fourth-order valence-electron chi connectivity index (χ4n) is 2.73. The number of thiophene rings is 1. The number of rotatable bonds is 9. The van der Waals surface area contributed by atoms with Crippen LogP contribution in [0.15, 0.2) is 72.1 Å². The summed E-state index contributed by atoms with van der Waals surface area (Å²) in [6.45, 7) is -0.757. The maximum Gasteiger partial charge on any atom is 0.326 e. The second-order valence-corrected chi connectivity index (χ2v) is 7.97. The maximum absolute atomic E-state index is 12.9. The lowest BCUT2D eigenvalue weighted by Crippen LogP contribution is -2.39. The topological polar surface area (TPSA) is 102 Å². The van der Waals surface area contributed by atoms with Crippen LogP contribution in [0.1, 0.15) is 31.7 Å². The van der Waals surface area contributed by atoms with E-state index in [-0.39, 0.29) is 12.5 Å². The SMILES string of the molecule is O=C(CNC(=O)c1cccs1)NCC(=O)OC(C(=O)c1ccccc1)c1ccc(Cl)cc1. The van der Waals surface area contributed by atoms with Crippen molar-refractivity contribution >= 4 is 46.5 Å². The van der Waals surface area contributed by atoms with Gasteiger partial charge in [-0.2, -0.15) is 0 Å². The van der Waals surface area contributed by atoms with Crippen molar-refractivity contribution in [1.29, 1.82) is 0 Å². The molecule has 1 aromatic heterocycles. The van der Waals surface area contributed by atoms with Crippen LogP contribution in [0.5, 0.6) is 0 Å². The highest BCUT2D eigenvalue weighted by Crippen LogP contribution is 2.24. The van der Waals surface area contributed by atoms with Gasteiger partial charge in [-0.15, -0.1) is 11.3 Å². The summed E-state index contributed by atoms with van der Waals surface area (Å²) in [5, 5.41) is 7.06. The molecular formula is C23H19ClN2O5S. The highest BCUT2D eigenvalue weighted by Gasteiger charge is 2.26. The highest BCUT2D eigenvalue weighted by molar-refractivity contribution is 7.12. The predicted molar refractivity (Wildman–Crippen MR) is 121 cm³/mol. The number of halogens is 1. The van der Waals surface area contributed by atoms with Crippen LogP contribution < -0.4 is 10.6 Å². The third kappa shape index (κ3) is 6.50. The maximum atomic E-state index is 12.9. The number of hydrogen-bond acceptors (Lipinski definition) is 6. The molecule has 0 aliphatic carbocycles. The van der Waals surface area contributed by atoms with Gasteiger partial charge in [-0.25, -0.2) is 0 Å². The summed E-state index contributed by atoms with van der Waals surface area (Å²) < 4.78 is 5.40. The Balaban J connectivity index is 1.58. The Morgan fingerprint density at radius 2 is 1.59 bits per heavy atom. The van der Waals surface area contributed by atoms with Crippen LogP contribution in [0.2, 0.25) is 5.02 Å². The molecule has 0 saturated heterocycles. The lowest BCUT2D eigenvalue weighted by Gasteiger charge is -2.18. The van der Waals surface area contributed by atoms with E-state index in [2.05, 4.69) is 10.6 Å². The Hall–Kier alpha value is -3.49. The lowest BCUT2D eigenvalue weighted by atomic mass is 10.00. The molecule has 1 atom stereocenters. The predicted octanol–water partition coefficient (Wildman–Crippen LogP) is 3.41. The van der Waals surface area contributed by atoms with Crippen molar-refractivity contribution < 1.29 is 23.9 Å². The largest absolute Gasteiger partial charge is 0.448 e. The van der Waals surface area contributed by atoms with Crippen molar-refractivity contribution in [2.75, 3.05) is 13.1 Å². The first kappa shape index (κ1) is 23.2. The average Bonchev–Trinajstić information content (AvgIpc) is 3.35. The van der Waals surface area contributed by atoms with Gasteiger partial charge in [-0.1, -0.05) is 60.1 Å². The van der Waals surface area contributed by atoms with Crippen molar-refractivity contribution in [2.45, 2.75) is 6.10 Å². The van der Waals surface area contributed by atoms with Crippen LogP contribution in [0.25, 0.3) is 0 Å². The second kappa shape index (κ2) is 11.2. The number of ether oxygens (including phenoxy) is 1. The zero-order valence-corrected chi connectivity index (χ0v) is 18.3. The van der Waals surface area contributed by atoms with Crippen molar-refractivity contribution in [3.63, 3.8) is 0 Å². The van der Waals surface area contributed by atoms with E-state index in [0.29, 0.717) is 21.0 Å². The van der Waals surface area contributed by atoms with E-state index >= 15 is 0 Å². The summed E-state index contributed by atoms with van der Waals surface area (Å²) in [6.07, 6.45) is -1.20. The van der Waals surface area contributed by atoms with Gasteiger partial charge in [0.05, 0.1) is 11.4 Å². The third-order valence-corrected chi connectivity index (χ3v) is 5.42. The first-order valence-corrected chi connectivity index (χ1v) is 10.8. The normalized spacial score (nSPS) is 11.3. The number of esters is 1. The Morgan fingerprint density at radius 3 is 2.25 bits per heavy atom. The molecule has 164 valence electrons. The molecule has 0 radical (unpaired) electrons. The van der Waals surface area contributed by atoms with Crippen molar-refractivity contribution in [3.05, 3.63) is 93.1 Å². The van der Waals surface area contributed by atoms with E-state index in [9.17, 15) is 19.2 Å². The second-order valence-electron chi connectivity index (χ2n) is 6.59. The average molecular weight is 471 g/mol. The summed E-state index contributed by atoms with van der Waals surface area (Å²) in [6, 6.07) is 18.2. The number of hydrogen-bond donors (Lipinski definition) is 2. The Labute approximate surface area is 193 Å². The molecule has 9 heteroatoms. The summed E-state index contributed by atoms with van der Waals surface area (Å²) in [7, 11) is 0. The Bertz CT molecular complexity index is 1090. The zero-order chi connectivity index (χ0) is 22.9. The van der Waals surface area contributed by atoms with Crippen LogP contribution in [0, 0.1) is 0 Å². The van der Waals surface area contributed by atoms with Gasteiger partial charge >= 0.3 is 5.97 Å². The van der Waals surface area contributed by atoms with Gasteiger partial charge in [0.25, 0.3) is 5.91 Å². The minimum Gasteiger partial charge on any atom is -0.448 e. The van der Waals surface area contributed by atoms with Crippen LogP contribution in [-0.2, 0) is 14.3 Å². The fraction of sp³-hybridized carbons (Fsp3) is 0.130. The van der Waals surface area contributed by atoms with Gasteiger partial charge in [0.15, 0.2) is 6.10 Å². The van der Waals surface area contributed by atoms with Crippen LogP contribution in [0.3, 0.4) is 0 Å². The van der Waals surface area contributed by atoms with Gasteiger partial charge < -0.3 is 15.4 Å². The molecule has 2 aromatic carbocycles. The van der Waals surface area contributed by atoms with Crippen molar-refractivity contribution in [1.82, 2.24) is 10.6 Å². The molecule has 32 heavy (non-hydrogen) atoms. The molecule has 1 heterocycles. The number of ketones is 1. The summed E-state index contributed by atoms with van der Waals surface area (Å²) >= 11 is 7.17. The summed E-state index contributed by atoms with van der Waals surface area (Å²) in [4.78, 5) is 49.6. The molecule has 7 nitrogen and oxygen atoms in total. The molecule has 0 spiro atoms. The number of amides is 2. The van der Waals surface area contributed by atoms with E-state index in [4.69, 9.17) is 16.3 Å². The standard InChI is InChI=1S/C23H19ClN2O5S/c24-17-10-8-16(9-11-17)22(21(29)15-5-2-1-3-6-15)31-20(28)14-25-19(27)13-26-23(30)18-7-4-12-32-18/h1-12,22H,13-14H2,(H,25,27)(H,26,30). The molecule has 2 amide bonds. The van der Waals surface area contributed by atoms with Crippen molar-refractivity contribution in [3.8, 4) is 0 Å². The molecule has 0 saturated carbocycles. The van der Waals surface area contributed by atoms with E-state index in [1.165, 1.54) is 11.3 Å². The fourth-order valence-corrected chi connectivity index (χ4v) is 3.49. The first-order valence-electron chi connectivity index (χ1n) is 9.56. The van der Waals surface area contributed by atoms with Gasteiger partial charge in [0.1, 0.15) is 6.54 Å². The third-order valence-electron chi connectivity index (χ3n) is 4.30.